The Hall–Kier alpha value is -1.11. The first kappa shape index (κ1) is 15.3. The van der Waals surface area contributed by atoms with Gasteiger partial charge in [0.25, 0.3) is 0 Å². The molecule has 0 radical (unpaired) electrons. The first-order valence-electron chi connectivity index (χ1n) is 6.66. The van der Waals surface area contributed by atoms with Crippen molar-refractivity contribution in [3.05, 3.63) is 35.6 Å². The van der Waals surface area contributed by atoms with Crippen molar-refractivity contribution in [2.45, 2.75) is 18.6 Å². The Bertz CT molecular complexity index is 453. The quantitative estimate of drug-likeness (QED) is 0.761. The van der Waals surface area contributed by atoms with Gasteiger partial charge in [0, 0.05) is 37.1 Å². The molecule has 0 aliphatic carbocycles. The number of amides is 1. The summed E-state index contributed by atoms with van der Waals surface area (Å²) < 4.78 is 13.0. The van der Waals surface area contributed by atoms with Gasteiger partial charge in [0.1, 0.15) is 5.82 Å². The van der Waals surface area contributed by atoms with E-state index in [1.54, 1.807) is 12.1 Å². The van der Waals surface area contributed by atoms with Crippen LogP contribution in [-0.2, 0) is 4.79 Å². The maximum Gasteiger partial charge on any atom is 0.221 e. The van der Waals surface area contributed by atoms with Crippen LogP contribution in [0.1, 0.15) is 18.1 Å². The van der Waals surface area contributed by atoms with E-state index in [0.29, 0.717) is 12.0 Å². The first-order chi connectivity index (χ1) is 9.65. The number of aliphatic hydroxyl groups is 1. The zero-order valence-corrected chi connectivity index (χ0v) is 12.0. The highest BCUT2D eigenvalue weighted by Crippen LogP contribution is 2.13. The van der Waals surface area contributed by atoms with E-state index in [9.17, 15) is 14.3 Å². The molecule has 1 heterocycles. The Morgan fingerprint density at radius 3 is 3.15 bits per heavy atom. The fourth-order valence-corrected chi connectivity index (χ4v) is 3.04. The predicted octanol–water partition coefficient (Wildman–Crippen LogP) is 1.07. The number of aliphatic hydroxyl groups excluding tert-OH is 1. The van der Waals surface area contributed by atoms with E-state index in [-0.39, 0.29) is 18.5 Å². The van der Waals surface area contributed by atoms with Crippen LogP contribution < -0.4 is 10.6 Å². The van der Waals surface area contributed by atoms with Gasteiger partial charge in [-0.2, -0.15) is 11.8 Å². The average molecular weight is 298 g/mol. The second kappa shape index (κ2) is 7.61. The van der Waals surface area contributed by atoms with Crippen molar-refractivity contribution in [1.82, 2.24) is 10.6 Å². The molecule has 1 amide bonds. The summed E-state index contributed by atoms with van der Waals surface area (Å²) >= 11 is 1.83. The molecule has 4 nitrogen and oxygen atoms in total. The van der Waals surface area contributed by atoms with Crippen molar-refractivity contribution < 1.29 is 14.3 Å². The van der Waals surface area contributed by atoms with E-state index in [2.05, 4.69) is 10.6 Å². The summed E-state index contributed by atoms with van der Waals surface area (Å²) in [5.41, 5.74) is 0.469. The zero-order valence-electron chi connectivity index (χ0n) is 11.1. The monoisotopic (exact) mass is 298 g/mol. The molecule has 0 aromatic heterocycles. The fraction of sp³-hybridized carbons (Fsp3) is 0.500. The third kappa shape index (κ3) is 4.77. The highest BCUT2D eigenvalue weighted by Gasteiger charge is 2.17. The molecule has 0 saturated carbocycles. The summed E-state index contributed by atoms with van der Waals surface area (Å²) in [5, 5.41) is 15.9. The van der Waals surface area contributed by atoms with Gasteiger partial charge in [0.2, 0.25) is 5.91 Å². The molecule has 110 valence electrons. The molecule has 1 aliphatic rings. The van der Waals surface area contributed by atoms with Gasteiger partial charge in [0.15, 0.2) is 0 Å². The average Bonchev–Trinajstić information content (AvgIpc) is 2.46. The van der Waals surface area contributed by atoms with E-state index in [4.69, 9.17) is 0 Å². The highest BCUT2D eigenvalue weighted by atomic mass is 32.2. The molecule has 2 rings (SSSR count). The number of halogens is 1. The van der Waals surface area contributed by atoms with Gasteiger partial charge in [-0.05, 0) is 17.7 Å². The SMILES string of the molecule is O=C(CC1CSCCN1)NCC(O)c1cccc(F)c1. The lowest BCUT2D eigenvalue weighted by molar-refractivity contribution is -0.121. The van der Waals surface area contributed by atoms with Crippen molar-refractivity contribution in [3.63, 3.8) is 0 Å². The van der Waals surface area contributed by atoms with Crippen LogP contribution >= 0.6 is 11.8 Å². The Morgan fingerprint density at radius 2 is 2.45 bits per heavy atom. The summed E-state index contributed by atoms with van der Waals surface area (Å²) in [6, 6.07) is 5.97. The minimum Gasteiger partial charge on any atom is -0.387 e. The van der Waals surface area contributed by atoms with Gasteiger partial charge >= 0.3 is 0 Å². The van der Waals surface area contributed by atoms with Gasteiger partial charge in [0.05, 0.1) is 6.10 Å². The minimum absolute atomic E-state index is 0.0968. The Kier molecular flexibility index (Phi) is 5.82. The van der Waals surface area contributed by atoms with Gasteiger partial charge in [-0.25, -0.2) is 4.39 Å². The van der Waals surface area contributed by atoms with Crippen LogP contribution in [0.15, 0.2) is 24.3 Å². The highest BCUT2D eigenvalue weighted by molar-refractivity contribution is 7.99. The number of benzene rings is 1. The molecule has 1 saturated heterocycles. The molecule has 1 aromatic carbocycles. The molecule has 2 atom stereocenters. The molecule has 6 heteroatoms. The normalized spacial score (nSPS) is 20.4. The predicted molar refractivity (Wildman–Crippen MR) is 78.1 cm³/mol. The minimum atomic E-state index is -0.886. The van der Waals surface area contributed by atoms with Crippen molar-refractivity contribution in [2.24, 2.45) is 0 Å². The largest absolute Gasteiger partial charge is 0.387 e. The lowest BCUT2D eigenvalue weighted by atomic mass is 10.1. The standard InChI is InChI=1S/C14H19FN2O2S/c15-11-3-1-2-10(6-11)13(18)8-17-14(19)7-12-9-20-5-4-16-12/h1-3,6,12-13,16,18H,4-5,7-9H2,(H,17,19). The molecular weight excluding hydrogens is 279 g/mol. The van der Waals surface area contributed by atoms with Crippen LogP contribution in [0, 0.1) is 5.82 Å². The lowest BCUT2D eigenvalue weighted by Crippen LogP contribution is -2.41. The number of carbonyl (C=O) groups is 1. The summed E-state index contributed by atoms with van der Waals surface area (Å²) in [4.78, 5) is 11.8. The Balaban J connectivity index is 1.75. The second-order valence-corrected chi connectivity index (χ2v) is 5.95. The molecule has 2 unspecified atom stereocenters. The van der Waals surface area contributed by atoms with Gasteiger partial charge in [-0.15, -0.1) is 0 Å². The first-order valence-corrected chi connectivity index (χ1v) is 7.82. The van der Waals surface area contributed by atoms with Crippen molar-refractivity contribution in [2.75, 3.05) is 24.6 Å². The number of thioether (sulfide) groups is 1. The lowest BCUT2D eigenvalue weighted by Gasteiger charge is -2.22. The number of hydrogen-bond donors (Lipinski definition) is 3. The third-order valence-corrected chi connectivity index (χ3v) is 4.29. The third-order valence-electron chi connectivity index (χ3n) is 3.16. The molecule has 0 spiro atoms. The molecule has 1 aromatic rings. The molecular formula is C14H19FN2O2S. The topological polar surface area (TPSA) is 61.4 Å². The van der Waals surface area contributed by atoms with E-state index < -0.39 is 11.9 Å². The number of nitrogens with one attached hydrogen (secondary N) is 2. The summed E-state index contributed by atoms with van der Waals surface area (Å²) in [6.07, 6.45) is -0.480. The Labute approximate surface area is 122 Å². The maximum absolute atomic E-state index is 13.0. The van der Waals surface area contributed by atoms with Crippen LogP contribution in [-0.4, -0.2) is 41.7 Å². The van der Waals surface area contributed by atoms with Crippen LogP contribution in [0.5, 0.6) is 0 Å². The summed E-state index contributed by atoms with van der Waals surface area (Å²) in [6.45, 7) is 1.02. The molecule has 0 bridgehead atoms. The smallest absolute Gasteiger partial charge is 0.221 e. The number of hydrogen-bond acceptors (Lipinski definition) is 4. The van der Waals surface area contributed by atoms with Crippen LogP contribution in [0.25, 0.3) is 0 Å². The van der Waals surface area contributed by atoms with Crippen LogP contribution in [0.3, 0.4) is 0 Å². The van der Waals surface area contributed by atoms with Gasteiger partial charge in [-0.3, -0.25) is 4.79 Å². The second-order valence-electron chi connectivity index (χ2n) is 4.80. The van der Waals surface area contributed by atoms with E-state index >= 15 is 0 Å². The summed E-state index contributed by atoms with van der Waals surface area (Å²) in [5.74, 6) is 1.52. The maximum atomic E-state index is 13.0. The molecule has 1 fully saturated rings. The van der Waals surface area contributed by atoms with E-state index in [1.807, 2.05) is 11.8 Å². The van der Waals surface area contributed by atoms with E-state index in [0.717, 1.165) is 18.1 Å². The number of rotatable bonds is 5. The van der Waals surface area contributed by atoms with Gasteiger partial charge in [-0.1, -0.05) is 12.1 Å². The number of carbonyl (C=O) groups excluding carboxylic acids is 1. The van der Waals surface area contributed by atoms with Crippen molar-refractivity contribution >= 4 is 17.7 Å². The molecule has 20 heavy (non-hydrogen) atoms. The van der Waals surface area contributed by atoms with Crippen LogP contribution in [0.2, 0.25) is 0 Å². The zero-order chi connectivity index (χ0) is 14.4. The Morgan fingerprint density at radius 1 is 1.60 bits per heavy atom. The summed E-state index contributed by atoms with van der Waals surface area (Å²) in [7, 11) is 0. The van der Waals surface area contributed by atoms with Gasteiger partial charge < -0.3 is 15.7 Å². The molecule has 1 aliphatic heterocycles. The van der Waals surface area contributed by atoms with Crippen molar-refractivity contribution in [1.29, 1.82) is 0 Å². The van der Waals surface area contributed by atoms with Crippen molar-refractivity contribution in [3.8, 4) is 0 Å². The van der Waals surface area contributed by atoms with Crippen LogP contribution in [0.4, 0.5) is 4.39 Å². The fourth-order valence-electron chi connectivity index (χ4n) is 2.09. The van der Waals surface area contributed by atoms with E-state index in [1.165, 1.54) is 12.1 Å². The molecule has 3 N–H and O–H groups in total.